The van der Waals surface area contributed by atoms with Gasteiger partial charge in [0, 0.05) is 31.2 Å². The molecular weight excluding hydrogens is 471 g/mol. The molecule has 0 aromatic heterocycles. The molecule has 3 aliphatic rings. The van der Waals surface area contributed by atoms with Crippen LogP contribution in [0.25, 0.3) is 0 Å². The molecule has 0 radical (unpaired) electrons. The molecule has 2 aliphatic heterocycles. The first-order chi connectivity index (χ1) is 18.0. The Labute approximate surface area is 217 Å². The molecule has 1 spiro atoms. The maximum absolute atomic E-state index is 13.9. The van der Waals surface area contributed by atoms with Crippen LogP contribution in [0.3, 0.4) is 0 Å². The average Bonchev–Trinajstić information content (AvgIpc) is 3.20. The van der Waals surface area contributed by atoms with Crippen molar-refractivity contribution in [1.82, 2.24) is 15.1 Å². The van der Waals surface area contributed by atoms with E-state index in [0.717, 1.165) is 36.9 Å². The predicted octanol–water partition coefficient (Wildman–Crippen LogP) is 3.69. The van der Waals surface area contributed by atoms with Gasteiger partial charge in [0.05, 0.1) is 6.67 Å². The van der Waals surface area contributed by atoms with Crippen molar-refractivity contribution in [3.05, 3.63) is 66.0 Å². The van der Waals surface area contributed by atoms with Crippen molar-refractivity contribution >= 4 is 23.4 Å². The third-order valence-electron chi connectivity index (χ3n) is 8.18. The van der Waals surface area contributed by atoms with Gasteiger partial charge in [0.1, 0.15) is 17.9 Å². The smallest absolute Gasteiger partial charge is 0.250 e. The Morgan fingerprint density at radius 3 is 2.30 bits per heavy atom. The Morgan fingerprint density at radius 2 is 1.62 bits per heavy atom. The lowest BCUT2D eigenvalue weighted by Crippen LogP contribution is -2.58. The summed E-state index contributed by atoms with van der Waals surface area (Å²) in [5.74, 6) is -0.280. The SMILES string of the molecule is O=C(CN1CN(c2ccccc2)C2(CCN(C(=O)C3CCCCC3)CC2)C1=O)NCc1ccc(F)cc1. The maximum Gasteiger partial charge on any atom is 0.250 e. The van der Waals surface area contributed by atoms with Crippen molar-refractivity contribution in [3.8, 4) is 0 Å². The van der Waals surface area contributed by atoms with Crippen LogP contribution >= 0.6 is 0 Å². The Morgan fingerprint density at radius 1 is 0.946 bits per heavy atom. The third-order valence-corrected chi connectivity index (χ3v) is 8.18. The van der Waals surface area contributed by atoms with Crippen LogP contribution in [0.2, 0.25) is 0 Å². The van der Waals surface area contributed by atoms with Crippen molar-refractivity contribution < 1.29 is 18.8 Å². The standard InChI is InChI=1S/C29H35FN4O3/c30-24-13-11-22(12-14-24)19-31-26(35)20-33-21-34(25-9-5-2-6-10-25)29(28(33)37)15-17-32(18-16-29)27(36)23-7-3-1-4-8-23/h2,5-6,9-14,23H,1,3-4,7-8,15-21H2,(H,31,35). The van der Waals surface area contributed by atoms with E-state index in [9.17, 15) is 18.8 Å². The zero-order valence-electron chi connectivity index (χ0n) is 21.2. The fourth-order valence-corrected chi connectivity index (χ4v) is 6.06. The maximum atomic E-state index is 13.9. The number of nitrogens with one attached hydrogen (secondary N) is 1. The highest BCUT2D eigenvalue weighted by Gasteiger charge is 2.54. The van der Waals surface area contributed by atoms with Crippen LogP contribution < -0.4 is 10.2 Å². The summed E-state index contributed by atoms with van der Waals surface area (Å²) < 4.78 is 13.2. The monoisotopic (exact) mass is 506 g/mol. The lowest BCUT2D eigenvalue weighted by Gasteiger charge is -2.44. The number of likely N-dealkylation sites (tertiary alicyclic amines) is 1. The number of nitrogens with zero attached hydrogens (tertiary/aromatic N) is 3. The molecular formula is C29H35FN4O3. The van der Waals surface area contributed by atoms with E-state index in [-0.39, 0.29) is 42.5 Å². The molecule has 0 unspecified atom stereocenters. The average molecular weight is 507 g/mol. The van der Waals surface area contributed by atoms with Crippen LogP contribution in [0, 0.1) is 11.7 Å². The molecule has 37 heavy (non-hydrogen) atoms. The number of carbonyl (C=O) groups is 3. The summed E-state index contributed by atoms with van der Waals surface area (Å²) in [6.07, 6.45) is 6.48. The van der Waals surface area contributed by atoms with Gasteiger partial charge < -0.3 is 20.0 Å². The molecule has 0 atom stereocenters. The molecule has 0 bridgehead atoms. The quantitative estimate of drug-likeness (QED) is 0.649. The van der Waals surface area contributed by atoms with Crippen LogP contribution in [0.15, 0.2) is 54.6 Å². The van der Waals surface area contributed by atoms with E-state index in [1.807, 2.05) is 35.2 Å². The van der Waals surface area contributed by atoms with E-state index in [1.165, 1.54) is 18.6 Å². The first kappa shape index (κ1) is 25.2. The molecule has 2 aromatic rings. The second-order valence-corrected chi connectivity index (χ2v) is 10.5. The van der Waals surface area contributed by atoms with Gasteiger partial charge in [0.25, 0.3) is 5.91 Å². The normalized spacial score (nSPS) is 19.9. The van der Waals surface area contributed by atoms with E-state index in [0.29, 0.717) is 32.6 Å². The van der Waals surface area contributed by atoms with Crippen molar-refractivity contribution in [1.29, 1.82) is 0 Å². The Bertz CT molecular complexity index is 1110. The number of anilines is 1. The van der Waals surface area contributed by atoms with Gasteiger partial charge in [-0.2, -0.15) is 0 Å². The van der Waals surface area contributed by atoms with Crippen molar-refractivity contribution in [2.75, 3.05) is 31.2 Å². The molecule has 3 amide bonds. The van der Waals surface area contributed by atoms with Crippen molar-refractivity contribution in [3.63, 3.8) is 0 Å². The molecule has 8 heteroatoms. The van der Waals surface area contributed by atoms with Crippen LogP contribution in [0.5, 0.6) is 0 Å². The van der Waals surface area contributed by atoms with E-state index in [1.54, 1.807) is 17.0 Å². The Hall–Kier alpha value is -3.42. The minimum atomic E-state index is -0.762. The number of para-hydroxylation sites is 1. The molecule has 3 fully saturated rings. The number of piperidine rings is 1. The number of halogens is 1. The van der Waals surface area contributed by atoms with Gasteiger partial charge in [-0.25, -0.2) is 4.39 Å². The molecule has 1 aliphatic carbocycles. The summed E-state index contributed by atoms with van der Waals surface area (Å²) in [5, 5.41) is 2.84. The second-order valence-electron chi connectivity index (χ2n) is 10.5. The highest BCUT2D eigenvalue weighted by atomic mass is 19.1. The molecule has 5 rings (SSSR count). The lowest BCUT2D eigenvalue weighted by molar-refractivity contribution is -0.142. The van der Waals surface area contributed by atoms with E-state index in [4.69, 9.17) is 0 Å². The van der Waals surface area contributed by atoms with Gasteiger partial charge in [-0.05, 0) is 55.5 Å². The van der Waals surface area contributed by atoms with E-state index < -0.39 is 5.54 Å². The van der Waals surface area contributed by atoms with Crippen molar-refractivity contribution in [2.24, 2.45) is 5.92 Å². The third kappa shape index (κ3) is 5.33. The summed E-state index contributed by atoms with van der Waals surface area (Å²) in [4.78, 5) is 45.5. The molecule has 2 aromatic carbocycles. The summed E-state index contributed by atoms with van der Waals surface area (Å²) >= 11 is 0. The Balaban J connectivity index is 1.27. The number of hydrogen-bond acceptors (Lipinski definition) is 4. The first-order valence-corrected chi connectivity index (χ1v) is 13.4. The van der Waals surface area contributed by atoms with Crippen molar-refractivity contribution in [2.45, 2.75) is 57.0 Å². The number of carbonyl (C=O) groups excluding carboxylic acids is 3. The summed E-state index contributed by atoms with van der Waals surface area (Å²) in [6.45, 7) is 1.65. The Kier molecular flexibility index (Phi) is 7.44. The molecule has 1 saturated carbocycles. The van der Waals surface area contributed by atoms with Gasteiger partial charge in [-0.15, -0.1) is 0 Å². The van der Waals surface area contributed by atoms with Crippen LogP contribution in [0.4, 0.5) is 10.1 Å². The highest BCUT2D eigenvalue weighted by Crippen LogP contribution is 2.40. The summed E-state index contributed by atoms with van der Waals surface area (Å²) in [5.41, 5.74) is 0.971. The topological polar surface area (TPSA) is 73.0 Å². The predicted molar refractivity (Wildman–Crippen MR) is 139 cm³/mol. The minimum Gasteiger partial charge on any atom is -0.350 e. The molecule has 2 heterocycles. The molecule has 7 nitrogen and oxygen atoms in total. The van der Waals surface area contributed by atoms with Gasteiger partial charge in [-0.3, -0.25) is 14.4 Å². The summed E-state index contributed by atoms with van der Waals surface area (Å²) in [6, 6.07) is 15.8. The second kappa shape index (κ2) is 10.9. The van der Waals surface area contributed by atoms with Crippen LogP contribution in [-0.4, -0.2) is 59.4 Å². The molecule has 2 saturated heterocycles. The van der Waals surface area contributed by atoms with Gasteiger partial charge >= 0.3 is 0 Å². The minimum absolute atomic E-state index is 0.0458. The van der Waals surface area contributed by atoms with E-state index in [2.05, 4.69) is 10.2 Å². The van der Waals surface area contributed by atoms with Gasteiger partial charge in [0.2, 0.25) is 11.8 Å². The number of benzene rings is 2. The number of hydrogen-bond donors (Lipinski definition) is 1. The lowest BCUT2D eigenvalue weighted by atomic mass is 9.83. The fourth-order valence-electron chi connectivity index (χ4n) is 6.06. The number of amides is 3. The highest BCUT2D eigenvalue weighted by molar-refractivity contribution is 5.96. The summed E-state index contributed by atoms with van der Waals surface area (Å²) in [7, 11) is 0. The van der Waals surface area contributed by atoms with Gasteiger partial charge in [-0.1, -0.05) is 49.6 Å². The van der Waals surface area contributed by atoms with Crippen LogP contribution in [-0.2, 0) is 20.9 Å². The zero-order chi connectivity index (χ0) is 25.8. The fraction of sp³-hybridized carbons (Fsp3) is 0.483. The largest absolute Gasteiger partial charge is 0.350 e. The first-order valence-electron chi connectivity index (χ1n) is 13.4. The zero-order valence-corrected chi connectivity index (χ0v) is 21.2. The molecule has 196 valence electrons. The number of rotatable bonds is 6. The van der Waals surface area contributed by atoms with Crippen LogP contribution in [0.1, 0.15) is 50.5 Å². The van der Waals surface area contributed by atoms with E-state index >= 15 is 0 Å². The molecule has 1 N–H and O–H groups in total. The van der Waals surface area contributed by atoms with Gasteiger partial charge in [0.15, 0.2) is 0 Å².